The van der Waals surface area contributed by atoms with Gasteiger partial charge in [-0.15, -0.1) is 0 Å². The number of nitrogens with zero attached hydrogens (tertiary/aromatic N) is 2. The van der Waals surface area contributed by atoms with E-state index in [1.807, 2.05) is 28.0 Å². The van der Waals surface area contributed by atoms with Crippen LogP contribution in [0.4, 0.5) is 0 Å². The van der Waals surface area contributed by atoms with Crippen molar-refractivity contribution in [3.05, 3.63) is 35.9 Å². The summed E-state index contributed by atoms with van der Waals surface area (Å²) in [4.78, 5) is 28.2. The van der Waals surface area contributed by atoms with Crippen LogP contribution in [0.3, 0.4) is 0 Å². The van der Waals surface area contributed by atoms with Crippen LogP contribution >= 0.6 is 0 Å². The van der Waals surface area contributed by atoms with Crippen LogP contribution in [0.5, 0.6) is 0 Å². The third-order valence-electron chi connectivity index (χ3n) is 4.89. The number of amides is 2. The third-order valence-corrected chi connectivity index (χ3v) is 4.89. The topological polar surface area (TPSA) is 49.9 Å². The highest BCUT2D eigenvalue weighted by molar-refractivity contribution is 5.80. The van der Waals surface area contributed by atoms with Gasteiger partial charge in [0.15, 0.2) is 0 Å². The lowest BCUT2D eigenvalue weighted by Crippen LogP contribution is -2.48. The normalized spacial score (nSPS) is 22.9. The fourth-order valence-electron chi connectivity index (χ4n) is 3.49. The Morgan fingerprint density at radius 1 is 1.09 bits per heavy atom. The Labute approximate surface area is 137 Å². The van der Waals surface area contributed by atoms with Crippen LogP contribution in [0.25, 0.3) is 0 Å². The van der Waals surface area contributed by atoms with E-state index in [4.69, 9.17) is 4.74 Å². The van der Waals surface area contributed by atoms with Crippen LogP contribution in [0.15, 0.2) is 30.3 Å². The molecule has 1 unspecified atom stereocenters. The number of carbonyl (C=O) groups excluding carboxylic acids is 2. The zero-order valence-electron chi connectivity index (χ0n) is 13.6. The first-order chi connectivity index (χ1) is 11.2. The van der Waals surface area contributed by atoms with Crippen molar-refractivity contribution in [2.75, 3.05) is 32.8 Å². The maximum Gasteiger partial charge on any atom is 0.226 e. The molecule has 0 saturated carbocycles. The fraction of sp³-hybridized carbons (Fsp3) is 0.556. The van der Waals surface area contributed by atoms with E-state index in [0.717, 1.165) is 18.4 Å². The molecule has 1 aromatic carbocycles. The average Bonchev–Trinajstić information content (AvgIpc) is 2.62. The molecule has 1 aromatic rings. The molecular formula is C18H24N2O3. The molecule has 3 rings (SSSR count). The summed E-state index contributed by atoms with van der Waals surface area (Å²) in [5.74, 6) is 0.338. The van der Waals surface area contributed by atoms with Crippen LogP contribution in [0.1, 0.15) is 31.4 Å². The monoisotopic (exact) mass is 316 g/mol. The van der Waals surface area contributed by atoms with Crippen molar-refractivity contribution in [2.45, 2.75) is 25.8 Å². The lowest BCUT2D eigenvalue weighted by atomic mass is 9.93. The standard InChI is InChI=1S/C18H24N2O3/c1-14(21)19-9-7-16(8-10-19)18(22)20-11-12-23-13-17(20)15-5-3-2-4-6-15/h2-6,16-17H,7-13H2,1H3. The summed E-state index contributed by atoms with van der Waals surface area (Å²) in [6.07, 6.45) is 1.52. The van der Waals surface area contributed by atoms with Gasteiger partial charge in [-0.25, -0.2) is 0 Å². The van der Waals surface area contributed by atoms with Crippen molar-refractivity contribution in [3.63, 3.8) is 0 Å². The van der Waals surface area contributed by atoms with Crippen LogP contribution in [-0.4, -0.2) is 54.5 Å². The second-order valence-electron chi connectivity index (χ2n) is 6.31. The Kier molecular flexibility index (Phi) is 4.96. The number of likely N-dealkylation sites (tertiary alicyclic amines) is 1. The molecule has 2 saturated heterocycles. The molecule has 124 valence electrons. The molecule has 2 heterocycles. The van der Waals surface area contributed by atoms with Crippen molar-refractivity contribution >= 4 is 11.8 Å². The molecule has 5 nitrogen and oxygen atoms in total. The summed E-state index contributed by atoms with van der Waals surface area (Å²) in [7, 11) is 0. The third kappa shape index (κ3) is 3.55. The van der Waals surface area contributed by atoms with Gasteiger partial charge in [0.25, 0.3) is 0 Å². The largest absolute Gasteiger partial charge is 0.377 e. The van der Waals surface area contributed by atoms with E-state index in [2.05, 4.69) is 12.1 Å². The lowest BCUT2D eigenvalue weighted by Gasteiger charge is -2.40. The molecular weight excluding hydrogens is 292 g/mol. The number of morpholine rings is 1. The summed E-state index contributed by atoms with van der Waals surface area (Å²) in [5, 5.41) is 0. The van der Waals surface area contributed by atoms with Gasteiger partial charge in [0.1, 0.15) is 0 Å². The predicted molar refractivity (Wildman–Crippen MR) is 86.7 cm³/mol. The number of carbonyl (C=O) groups is 2. The Balaban J connectivity index is 1.69. The van der Waals surface area contributed by atoms with E-state index in [1.54, 1.807) is 6.92 Å². The summed E-state index contributed by atoms with van der Waals surface area (Å²) in [6, 6.07) is 10.1. The molecule has 0 radical (unpaired) electrons. The summed E-state index contributed by atoms with van der Waals surface area (Å²) in [5.41, 5.74) is 1.13. The van der Waals surface area contributed by atoms with E-state index in [9.17, 15) is 9.59 Å². The quantitative estimate of drug-likeness (QED) is 0.836. The highest BCUT2D eigenvalue weighted by Gasteiger charge is 2.34. The summed E-state index contributed by atoms with van der Waals surface area (Å²) < 4.78 is 5.61. The van der Waals surface area contributed by atoms with Gasteiger partial charge >= 0.3 is 0 Å². The van der Waals surface area contributed by atoms with Gasteiger partial charge < -0.3 is 14.5 Å². The second-order valence-corrected chi connectivity index (χ2v) is 6.31. The fourth-order valence-corrected chi connectivity index (χ4v) is 3.49. The summed E-state index contributed by atoms with van der Waals surface area (Å²) in [6.45, 7) is 4.77. The number of hydrogen-bond acceptors (Lipinski definition) is 3. The molecule has 0 spiro atoms. The Morgan fingerprint density at radius 2 is 1.78 bits per heavy atom. The van der Waals surface area contributed by atoms with Crippen molar-refractivity contribution in [1.29, 1.82) is 0 Å². The number of rotatable bonds is 2. The maximum atomic E-state index is 13.0. The molecule has 2 amide bonds. The number of hydrogen-bond donors (Lipinski definition) is 0. The Morgan fingerprint density at radius 3 is 2.43 bits per heavy atom. The van der Waals surface area contributed by atoms with Gasteiger partial charge in [0.05, 0.1) is 19.3 Å². The minimum absolute atomic E-state index is 0.00304. The van der Waals surface area contributed by atoms with Crippen LogP contribution < -0.4 is 0 Å². The van der Waals surface area contributed by atoms with Gasteiger partial charge in [0, 0.05) is 32.5 Å². The van der Waals surface area contributed by atoms with Crippen molar-refractivity contribution < 1.29 is 14.3 Å². The minimum atomic E-state index is 0.00304. The van der Waals surface area contributed by atoms with Crippen molar-refractivity contribution in [3.8, 4) is 0 Å². The average molecular weight is 316 g/mol. The van der Waals surface area contributed by atoms with Gasteiger partial charge in [0.2, 0.25) is 11.8 Å². The SMILES string of the molecule is CC(=O)N1CCC(C(=O)N2CCOCC2c2ccccc2)CC1. The molecule has 0 N–H and O–H groups in total. The van der Waals surface area contributed by atoms with Crippen molar-refractivity contribution in [2.24, 2.45) is 5.92 Å². The zero-order valence-corrected chi connectivity index (χ0v) is 13.6. The smallest absolute Gasteiger partial charge is 0.226 e. The molecule has 2 aliphatic heterocycles. The molecule has 0 bridgehead atoms. The van der Waals surface area contributed by atoms with Crippen molar-refractivity contribution in [1.82, 2.24) is 9.80 Å². The number of ether oxygens (including phenoxy) is 1. The molecule has 2 aliphatic rings. The molecule has 23 heavy (non-hydrogen) atoms. The maximum absolute atomic E-state index is 13.0. The van der Waals surface area contributed by atoms with E-state index >= 15 is 0 Å². The van der Waals surface area contributed by atoms with Gasteiger partial charge in [-0.05, 0) is 18.4 Å². The molecule has 0 aliphatic carbocycles. The molecule has 5 heteroatoms. The Bertz CT molecular complexity index is 553. The highest BCUT2D eigenvalue weighted by atomic mass is 16.5. The predicted octanol–water partition coefficient (Wildman–Crippen LogP) is 1.84. The van der Waals surface area contributed by atoms with Crippen LogP contribution in [0.2, 0.25) is 0 Å². The molecule has 1 atom stereocenters. The van der Waals surface area contributed by atoms with E-state index in [0.29, 0.717) is 32.8 Å². The first-order valence-corrected chi connectivity index (χ1v) is 8.35. The number of piperidine rings is 1. The lowest BCUT2D eigenvalue weighted by molar-refractivity contribution is -0.147. The van der Waals surface area contributed by atoms with Crippen LogP contribution in [0, 0.1) is 5.92 Å². The van der Waals surface area contributed by atoms with E-state index in [-0.39, 0.29) is 23.8 Å². The second kappa shape index (κ2) is 7.13. The van der Waals surface area contributed by atoms with Gasteiger partial charge in [-0.2, -0.15) is 0 Å². The van der Waals surface area contributed by atoms with Gasteiger partial charge in [-0.1, -0.05) is 30.3 Å². The van der Waals surface area contributed by atoms with E-state index < -0.39 is 0 Å². The molecule has 0 aromatic heterocycles. The first-order valence-electron chi connectivity index (χ1n) is 8.35. The number of benzene rings is 1. The summed E-state index contributed by atoms with van der Waals surface area (Å²) >= 11 is 0. The zero-order chi connectivity index (χ0) is 16.2. The highest BCUT2D eigenvalue weighted by Crippen LogP contribution is 2.28. The molecule has 2 fully saturated rings. The minimum Gasteiger partial charge on any atom is -0.377 e. The van der Waals surface area contributed by atoms with Crippen LogP contribution in [-0.2, 0) is 14.3 Å². The van der Waals surface area contributed by atoms with Gasteiger partial charge in [-0.3, -0.25) is 9.59 Å². The Hall–Kier alpha value is -1.88. The first kappa shape index (κ1) is 16.0. The van der Waals surface area contributed by atoms with E-state index in [1.165, 1.54) is 0 Å².